The maximum atomic E-state index is 9.45. The normalized spacial score (nSPS) is 19.8. The summed E-state index contributed by atoms with van der Waals surface area (Å²) in [5.74, 6) is 0.869. The molecule has 1 aliphatic rings. The van der Waals surface area contributed by atoms with Crippen LogP contribution in [0.25, 0.3) is 0 Å². The number of aliphatic hydroxyl groups is 1. The van der Waals surface area contributed by atoms with Gasteiger partial charge in [0.05, 0.1) is 6.10 Å². The molecule has 2 nitrogen and oxygen atoms in total. The van der Waals surface area contributed by atoms with Crippen molar-refractivity contribution in [3.63, 3.8) is 0 Å². The summed E-state index contributed by atoms with van der Waals surface area (Å²) in [5.41, 5.74) is 2.28. The highest BCUT2D eigenvalue weighted by atomic mass is 16.3. The molecule has 1 aromatic carbocycles. The molecule has 1 aromatic rings. The van der Waals surface area contributed by atoms with Crippen molar-refractivity contribution in [1.82, 2.24) is 0 Å². The third-order valence-corrected chi connectivity index (χ3v) is 3.52. The van der Waals surface area contributed by atoms with Gasteiger partial charge in [0.25, 0.3) is 0 Å². The molecular formula is C14H21NO. The molecule has 0 radical (unpaired) electrons. The molecule has 1 aliphatic heterocycles. The lowest BCUT2D eigenvalue weighted by atomic mass is 9.98. The van der Waals surface area contributed by atoms with Gasteiger partial charge in [-0.15, -0.1) is 0 Å². The monoisotopic (exact) mass is 219 g/mol. The minimum absolute atomic E-state index is 0.365. The van der Waals surface area contributed by atoms with Crippen LogP contribution in [0.3, 0.4) is 0 Å². The Kier molecular flexibility index (Phi) is 3.49. The Bertz CT molecular complexity index is 323. The van der Waals surface area contributed by atoms with Gasteiger partial charge in [0, 0.05) is 18.8 Å². The van der Waals surface area contributed by atoms with Crippen molar-refractivity contribution in [1.29, 1.82) is 0 Å². The number of piperidine rings is 1. The molecule has 0 spiro atoms. The van der Waals surface area contributed by atoms with Crippen LogP contribution < -0.4 is 4.90 Å². The van der Waals surface area contributed by atoms with Gasteiger partial charge < -0.3 is 10.0 Å². The Morgan fingerprint density at radius 2 is 1.75 bits per heavy atom. The van der Waals surface area contributed by atoms with Crippen molar-refractivity contribution in [2.24, 2.45) is 5.92 Å². The number of hydrogen-bond donors (Lipinski definition) is 1. The number of nitrogens with zero attached hydrogens (tertiary/aromatic N) is 1. The molecule has 1 unspecified atom stereocenters. The third-order valence-electron chi connectivity index (χ3n) is 3.52. The van der Waals surface area contributed by atoms with Gasteiger partial charge in [0.2, 0.25) is 0 Å². The van der Waals surface area contributed by atoms with E-state index in [2.05, 4.69) is 24.0 Å². The topological polar surface area (TPSA) is 23.5 Å². The van der Waals surface area contributed by atoms with Crippen molar-refractivity contribution in [3.05, 3.63) is 29.8 Å². The van der Waals surface area contributed by atoms with Crippen molar-refractivity contribution in [3.8, 4) is 0 Å². The SMILES string of the molecule is CC1CCN(c2ccc(C(C)O)cc2)CC1. The Labute approximate surface area is 97.9 Å². The molecule has 88 valence electrons. The van der Waals surface area contributed by atoms with Gasteiger partial charge in [-0.05, 0) is 43.4 Å². The lowest BCUT2D eigenvalue weighted by molar-refractivity contribution is 0.199. The number of hydrogen-bond acceptors (Lipinski definition) is 2. The first-order valence-electron chi connectivity index (χ1n) is 6.20. The van der Waals surface area contributed by atoms with Crippen LogP contribution in [0.1, 0.15) is 38.4 Å². The zero-order chi connectivity index (χ0) is 11.5. The average molecular weight is 219 g/mol. The molecule has 0 saturated carbocycles. The quantitative estimate of drug-likeness (QED) is 0.826. The van der Waals surface area contributed by atoms with Gasteiger partial charge >= 0.3 is 0 Å². The minimum atomic E-state index is -0.365. The molecule has 16 heavy (non-hydrogen) atoms. The van der Waals surface area contributed by atoms with Crippen LogP contribution >= 0.6 is 0 Å². The Hall–Kier alpha value is -1.02. The molecular weight excluding hydrogens is 198 g/mol. The van der Waals surface area contributed by atoms with Crippen LogP contribution in [-0.4, -0.2) is 18.2 Å². The number of rotatable bonds is 2. The minimum Gasteiger partial charge on any atom is -0.389 e. The smallest absolute Gasteiger partial charge is 0.0761 e. The third kappa shape index (κ3) is 2.56. The predicted octanol–water partition coefficient (Wildman–Crippen LogP) is 2.98. The van der Waals surface area contributed by atoms with Gasteiger partial charge in [-0.25, -0.2) is 0 Å². The first-order chi connectivity index (χ1) is 7.66. The van der Waals surface area contributed by atoms with Crippen molar-refractivity contribution < 1.29 is 5.11 Å². The Morgan fingerprint density at radius 1 is 1.19 bits per heavy atom. The summed E-state index contributed by atoms with van der Waals surface area (Å²) in [7, 11) is 0. The largest absolute Gasteiger partial charge is 0.389 e. The molecule has 2 heteroatoms. The van der Waals surface area contributed by atoms with Crippen molar-refractivity contribution >= 4 is 5.69 Å². The fourth-order valence-corrected chi connectivity index (χ4v) is 2.23. The van der Waals surface area contributed by atoms with Crippen LogP contribution in [0.5, 0.6) is 0 Å². The maximum Gasteiger partial charge on any atom is 0.0761 e. The van der Waals surface area contributed by atoms with E-state index in [1.54, 1.807) is 6.92 Å². The van der Waals surface area contributed by atoms with Crippen LogP contribution in [0.15, 0.2) is 24.3 Å². The molecule has 0 amide bonds. The molecule has 1 atom stereocenters. The van der Waals surface area contributed by atoms with E-state index in [9.17, 15) is 5.11 Å². The second-order valence-corrected chi connectivity index (χ2v) is 4.94. The van der Waals surface area contributed by atoms with Crippen LogP contribution in [0.2, 0.25) is 0 Å². The summed E-state index contributed by atoms with van der Waals surface area (Å²) in [5, 5.41) is 9.45. The summed E-state index contributed by atoms with van der Waals surface area (Å²) in [6.07, 6.45) is 2.21. The lowest BCUT2D eigenvalue weighted by Crippen LogP contribution is -2.32. The van der Waals surface area contributed by atoms with E-state index in [1.165, 1.54) is 18.5 Å². The van der Waals surface area contributed by atoms with Crippen molar-refractivity contribution in [2.45, 2.75) is 32.8 Å². The Balaban J connectivity index is 2.04. The van der Waals surface area contributed by atoms with Crippen LogP contribution in [0, 0.1) is 5.92 Å². The molecule has 1 heterocycles. The molecule has 2 rings (SSSR count). The Morgan fingerprint density at radius 3 is 2.25 bits per heavy atom. The van der Waals surface area contributed by atoms with E-state index in [0.717, 1.165) is 24.6 Å². The highest BCUT2D eigenvalue weighted by molar-refractivity contribution is 5.48. The first kappa shape index (κ1) is 11.5. The van der Waals surface area contributed by atoms with Gasteiger partial charge in [0.1, 0.15) is 0 Å². The summed E-state index contributed by atoms with van der Waals surface area (Å²) >= 11 is 0. The molecule has 0 bridgehead atoms. The molecule has 1 saturated heterocycles. The van der Waals surface area contributed by atoms with Crippen LogP contribution in [-0.2, 0) is 0 Å². The first-order valence-corrected chi connectivity index (χ1v) is 6.20. The van der Waals surface area contributed by atoms with Crippen LogP contribution in [0.4, 0.5) is 5.69 Å². The fraction of sp³-hybridized carbons (Fsp3) is 0.571. The van der Waals surface area contributed by atoms with Crippen molar-refractivity contribution in [2.75, 3.05) is 18.0 Å². The fourth-order valence-electron chi connectivity index (χ4n) is 2.23. The van der Waals surface area contributed by atoms with Gasteiger partial charge in [-0.3, -0.25) is 0 Å². The highest BCUT2D eigenvalue weighted by Gasteiger charge is 2.15. The average Bonchev–Trinajstić information content (AvgIpc) is 2.30. The highest BCUT2D eigenvalue weighted by Crippen LogP contribution is 2.24. The summed E-state index contributed by atoms with van der Waals surface area (Å²) in [6, 6.07) is 8.30. The van der Waals surface area contributed by atoms with Gasteiger partial charge in [0.15, 0.2) is 0 Å². The van der Waals surface area contributed by atoms with E-state index in [-0.39, 0.29) is 6.10 Å². The van der Waals surface area contributed by atoms with Gasteiger partial charge in [-0.2, -0.15) is 0 Å². The van der Waals surface area contributed by atoms with E-state index < -0.39 is 0 Å². The summed E-state index contributed by atoms with van der Waals surface area (Å²) in [4.78, 5) is 2.44. The standard InChI is InChI=1S/C14H21NO/c1-11-7-9-15(10-8-11)14-5-3-13(4-6-14)12(2)16/h3-6,11-12,16H,7-10H2,1-2H3. The molecule has 0 aliphatic carbocycles. The molecule has 1 fully saturated rings. The summed E-state index contributed by atoms with van der Waals surface area (Å²) < 4.78 is 0. The number of benzene rings is 1. The molecule has 1 N–H and O–H groups in total. The van der Waals surface area contributed by atoms with E-state index in [1.807, 2.05) is 12.1 Å². The summed E-state index contributed by atoms with van der Waals surface area (Å²) in [6.45, 7) is 6.45. The van der Waals surface area contributed by atoms with E-state index in [0.29, 0.717) is 0 Å². The van der Waals surface area contributed by atoms with Gasteiger partial charge in [-0.1, -0.05) is 19.1 Å². The zero-order valence-corrected chi connectivity index (χ0v) is 10.2. The second kappa shape index (κ2) is 4.88. The lowest BCUT2D eigenvalue weighted by Gasteiger charge is -2.32. The number of aliphatic hydroxyl groups excluding tert-OH is 1. The number of anilines is 1. The predicted molar refractivity (Wildman–Crippen MR) is 67.7 cm³/mol. The molecule has 0 aromatic heterocycles. The maximum absolute atomic E-state index is 9.45. The second-order valence-electron chi connectivity index (χ2n) is 4.94. The zero-order valence-electron chi connectivity index (χ0n) is 10.2. The van der Waals surface area contributed by atoms with E-state index >= 15 is 0 Å². The van der Waals surface area contributed by atoms with E-state index in [4.69, 9.17) is 0 Å².